The number of hydrogen-bond donors (Lipinski definition) is 1. The maximum Gasteiger partial charge on any atom is 0.144 e. The summed E-state index contributed by atoms with van der Waals surface area (Å²) in [4.78, 5) is 17.7. The molecule has 1 aliphatic heterocycles. The van der Waals surface area contributed by atoms with E-state index < -0.39 is 0 Å². The highest BCUT2D eigenvalue weighted by Gasteiger charge is 2.23. The minimum Gasteiger partial charge on any atom is -0.384 e. The Hall–Kier alpha value is -2.72. The zero-order valence-electron chi connectivity index (χ0n) is 16.3. The van der Waals surface area contributed by atoms with Crippen LogP contribution in [0.5, 0.6) is 0 Å². The van der Waals surface area contributed by atoms with Crippen LogP contribution in [0.25, 0.3) is 0 Å². The van der Waals surface area contributed by atoms with Crippen LogP contribution in [-0.4, -0.2) is 46.0 Å². The van der Waals surface area contributed by atoms with E-state index in [0.29, 0.717) is 24.0 Å². The van der Waals surface area contributed by atoms with Gasteiger partial charge in [-0.25, -0.2) is 9.97 Å². The molecule has 1 fully saturated rings. The summed E-state index contributed by atoms with van der Waals surface area (Å²) in [6.07, 6.45) is 4.93. The average molecular weight is 365 g/mol. The summed E-state index contributed by atoms with van der Waals surface area (Å²) in [5, 5.41) is 9.57. The third kappa shape index (κ3) is 4.52. The molecule has 0 spiro atoms. The SMILES string of the molecule is Cc1cc(N2CCCC(N(C)Cc3nccc(N)n3)CC2)c(C#N)c(C)n1. The van der Waals surface area contributed by atoms with Crippen LogP contribution in [0.1, 0.15) is 42.0 Å². The van der Waals surface area contributed by atoms with Gasteiger partial charge in [-0.1, -0.05) is 0 Å². The topological polar surface area (TPSA) is 95.0 Å². The van der Waals surface area contributed by atoms with Crippen LogP contribution in [-0.2, 0) is 6.54 Å². The van der Waals surface area contributed by atoms with Crippen LogP contribution in [0.15, 0.2) is 18.3 Å². The molecule has 7 nitrogen and oxygen atoms in total. The molecular weight excluding hydrogens is 338 g/mol. The highest BCUT2D eigenvalue weighted by atomic mass is 15.2. The zero-order chi connectivity index (χ0) is 19.4. The van der Waals surface area contributed by atoms with Crippen molar-refractivity contribution in [1.29, 1.82) is 5.26 Å². The van der Waals surface area contributed by atoms with Crippen LogP contribution in [0.4, 0.5) is 11.5 Å². The first kappa shape index (κ1) is 19.1. The summed E-state index contributed by atoms with van der Waals surface area (Å²) >= 11 is 0. The van der Waals surface area contributed by atoms with Crippen molar-refractivity contribution in [2.24, 2.45) is 0 Å². The molecule has 1 saturated heterocycles. The van der Waals surface area contributed by atoms with Crippen LogP contribution >= 0.6 is 0 Å². The fourth-order valence-corrected chi connectivity index (χ4v) is 3.80. The first-order chi connectivity index (χ1) is 13.0. The normalized spacial score (nSPS) is 17.6. The largest absolute Gasteiger partial charge is 0.384 e. The van der Waals surface area contributed by atoms with Gasteiger partial charge in [0.05, 0.1) is 23.5 Å². The lowest BCUT2D eigenvalue weighted by atomic mass is 10.1. The van der Waals surface area contributed by atoms with Crippen molar-refractivity contribution in [2.75, 3.05) is 30.8 Å². The van der Waals surface area contributed by atoms with Crippen molar-refractivity contribution in [2.45, 2.75) is 45.7 Å². The van der Waals surface area contributed by atoms with Gasteiger partial charge in [0, 0.05) is 31.0 Å². The standard InChI is InChI=1S/C20H27N7/c1-14-11-18(17(12-21)15(2)24-14)27-9-4-5-16(7-10-27)26(3)13-20-23-8-6-19(22)25-20/h6,8,11,16H,4-5,7,9-10,13H2,1-3H3,(H2,22,23,25). The molecule has 2 N–H and O–H groups in total. The molecule has 1 unspecified atom stereocenters. The number of rotatable bonds is 4. The summed E-state index contributed by atoms with van der Waals surface area (Å²) in [6.45, 7) is 6.46. The van der Waals surface area contributed by atoms with Gasteiger partial charge in [0.2, 0.25) is 0 Å². The molecule has 2 aromatic heterocycles. The van der Waals surface area contributed by atoms with Crippen molar-refractivity contribution in [1.82, 2.24) is 19.9 Å². The van der Waals surface area contributed by atoms with Crippen LogP contribution in [0, 0.1) is 25.2 Å². The van der Waals surface area contributed by atoms with E-state index in [1.54, 1.807) is 12.3 Å². The Kier molecular flexibility index (Phi) is 5.87. The van der Waals surface area contributed by atoms with E-state index in [9.17, 15) is 5.26 Å². The van der Waals surface area contributed by atoms with E-state index in [4.69, 9.17) is 5.73 Å². The van der Waals surface area contributed by atoms with Gasteiger partial charge in [0.15, 0.2) is 0 Å². The van der Waals surface area contributed by atoms with Gasteiger partial charge in [-0.15, -0.1) is 0 Å². The average Bonchev–Trinajstić information content (AvgIpc) is 2.87. The lowest BCUT2D eigenvalue weighted by Crippen LogP contribution is -2.33. The smallest absolute Gasteiger partial charge is 0.144 e. The number of nitrogens with two attached hydrogens (primary N) is 1. The van der Waals surface area contributed by atoms with Crippen molar-refractivity contribution in [3.05, 3.63) is 41.1 Å². The van der Waals surface area contributed by atoms with E-state index in [1.165, 1.54) is 0 Å². The molecule has 2 aromatic rings. The molecule has 0 aromatic carbocycles. The Morgan fingerprint density at radius 1 is 1.30 bits per heavy atom. The van der Waals surface area contributed by atoms with E-state index in [2.05, 4.69) is 37.9 Å². The van der Waals surface area contributed by atoms with E-state index >= 15 is 0 Å². The van der Waals surface area contributed by atoms with Crippen molar-refractivity contribution >= 4 is 11.5 Å². The maximum absolute atomic E-state index is 9.57. The molecular formula is C20H27N7. The van der Waals surface area contributed by atoms with Gasteiger partial charge < -0.3 is 10.6 Å². The highest BCUT2D eigenvalue weighted by Crippen LogP contribution is 2.27. The molecule has 0 amide bonds. The van der Waals surface area contributed by atoms with Crippen molar-refractivity contribution in [3.8, 4) is 6.07 Å². The number of hydrogen-bond acceptors (Lipinski definition) is 7. The number of nitrogen functional groups attached to an aromatic ring is 1. The molecule has 0 aliphatic carbocycles. The van der Waals surface area contributed by atoms with Gasteiger partial charge in [-0.2, -0.15) is 5.26 Å². The second-order valence-corrected chi connectivity index (χ2v) is 7.24. The molecule has 1 atom stereocenters. The lowest BCUT2D eigenvalue weighted by Gasteiger charge is -2.27. The monoisotopic (exact) mass is 365 g/mol. The van der Waals surface area contributed by atoms with Crippen molar-refractivity contribution in [3.63, 3.8) is 0 Å². The first-order valence-electron chi connectivity index (χ1n) is 9.39. The molecule has 27 heavy (non-hydrogen) atoms. The fraction of sp³-hybridized carbons (Fsp3) is 0.500. The summed E-state index contributed by atoms with van der Waals surface area (Å²) in [7, 11) is 2.12. The maximum atomic E-state index is 9.57. The van der Waals surface area contributed by atoms with Crippen LogP contribution in [0.3, 0.4) is 0 Å². The molecule has 0 radical (unpaired) electrons. The van der Waals surface area contributed by atoms with Gasteiger partial charge in [0.25, 0.3) is 0 Å². The lowest BCUT2D eigenvalue weighted by molar-refractivity contribution is 0.212. The molecule has 1 aliphatic rings. The van der Waals surface area contributed by atoms with Gasteiger partial charge >= 0.3 is 0 Å². The minimum atomic E-state index is 0.453. The number of nitriles is 1. The molecule has 3 heterocycles. The first-order valence-corrected chi connectivity index (χ1v) is 9.39. The molecule has 0 saturated carbocycles. The van der Waals surface area contributed by atoms with Gasteiger partial charge in [0.1, 0.15) is 17.7 Å². The molecule has 142 valence electrons. The summed E-state index contributed by atoms with van der Waals surface area (Å²) < 4.78 is 0. The number of aromatic nitrogens is 3. The number of nitrogens with zero attached hydrogens (tertiary/aromatic N) is 6. The minimum absolute atomic E-state index is 0.453. The summed E-state index contributed by atoms with van der Waals surface area (Å²) in [5.74, 6) is 1.26. The summed E-state index contributed by atoms with van der Waals surface area (Å²) in [6, 6.07) is 6.54. The number of anilines is 2. The Bertz CT molecular complexity index is 843. The molecule has 0 bridgehead atoms. The van der Waals surface area contributed by atoms with Gasteiger partial charge in [-0.3, -0.25) is 9.88 Å². The second-order valence-electron chi connectivity index (χ2n) is 7.24. The highest BCUT2D eigenvalue weighted by molar-refractivity contribution is 5.61. The predicted octanol–water partition coefficient (Wildman–Crippen LogP) is 2.43. The molecule has 3 rings (SSSR count). The van der Waals surface area contributed by atoms with Crippen LogP contribution in [0.2, 0.25) is 0 Å². The van der Waals surface area contributed by atoms with E-state index in [1.807, 2.05) is 19.9 Å². The number of pyridine rings is 1. The van der Waals surface area contributed by atoms with E-state index in [0.717, 1.165) is 55.3 Å². The van der Waals surface area contributed by atoms with Crippen molar-refractivity contribution < 1.29 is 0 Å². The predicted molar refractivity (Wildman–Crippen MR) is 106 cm³/mol. The fourth-order valence-electron chi connectivity index (χ4n) is 3.80. The summed E-state index contributed by atoms with van der Waals surface area (Å²) in [5.41, 5.74) is 9.24. The van der Waals surface area contributed by atoms with Crippen LogP contribution < -0.4 is 10.6 Å². The Labute approximate surface area is 160 Å². The third-order valence-electron chi connectivity index (χ3n) is 5.20. The number of aryl methyl sites for hydroxylation is 2. The van der Waals surface area contributed by atoms with E-state index in [-0.39, 0.29) is 0 Å². The Morgan fingerprint density at radius 2 is 2.11 bits per heavy atom. The Balaban J connectivity index is 1.70. The zero-order valence-corrected chi connectivity index (χ0v) is 16.3. The van der Waals surface area contributed by atoms with Gasteiger partial charge in [-0.05, 0) is 52.3 Å². The Morgan fingerprint density at radius 3 is 2.85 bits per heavy atom. The third-order valence-corrected chi connectivity index (χ3v) is 5.20. The molecule has 7 heteroatoms. The second kappa shape index (κ2) is 8.31. The quantitative estimate of drug-likeness (QED) is 0.889.